The SMILES string of the molecule is CC1CCN(C(=O)NC2CCCCC2C(C)C)CC1. The van der Waals surface area contributed by atoms with Gasteiger partial charge in [0.2, 0.25) is 0 Å². The van der Waals surface area contributed by atoms with Crippen LogP contribution in [0.5, 0.6) is 0 Å². The fourth-order valence-electron chi connectivity index (χ4n) is 3.60. The molecular formula is C16H30N2O. The van der Waals surface area contributed by atoms with Gasteiger partial charge in [-0.1, -0.05) is 33.6 Å². The zero-order chi connectivity index (χ0) is 13.8. The lowest BCUT2D eigenvalue weighted by atomic mass is 9.78. The van der Waals surface area contributed by atoms with Crippen LogP contribution < -0.4 is 5.32 Å². The van der Waals surface area contributed by atoms with Gasteiger partial charge >= 0.3 is 6.03 Å². The Labute approximate surface area is 118 Å². The minimum atomic E-state index is 0.185. The second-order valence-electron chi connectivity index (χ2n) is 6.92. The summed E-state index contributed by atoms with van der Waals surface area (Å²) in [6, 6.07) is 0.588. The molecule has 1 heterocycles. The van der Waals surface area contributed by atoms with Gasteiger partial charge in [0.05, 0.1) is 0 Å². The Balaban J connectivity index is 1.86. The zero-order valence-electron chi connectivity index (χ0n) is 12.8. The minimum absolute atomic E-state index is 0.185. The average molecular weight is 266 g/mol. The van der Waals surface area contributed by atoms with E-state index in [0.717, 1.165) is 31.8 Å². The number of urea groups is 1. The van der Waals surface area contributed by atoms with Crippen LogP contribution in [0.2, 0.25) is 0 Å². The fourth-order valence-corrected chi connectivity index (χ4v) is 3.60. The zero-order valence-corrected chi connectivity index (χ0v) is 12.8. The van der Waals surface area contributed by atoms with Crippen molar-refractivity contribution in [3.8, 4) is 0 Å². The number of carbonyl (C=O) groups excluding carboxylic acids is 1. The van der Waals surface area contributed by atoms with Crippen LogP contribution in [0.15, 0.2) is 0 Å². The molecule has 2 amide bonds. The van der Waals surface area contributed by atoms with E-state index in [0.29, 0.717) is 17.9 Å². The average Bonchev–Trinajstić information content (AvgIpc) is 2.39. The van der Waals surface area contributed by atoms with Crippen molar-refractivity contribution in [1.29, 1.82) is 0 Å². The van der Waals surface area contributed by atoms with Gasteiger partial charge in [0.25, 0.3) is 0 Å². The lowest BCUT2D eigenvalue weighted by Gasteiger charge is -2.37. The molecule has 1 N–H and O–H groups in total. The monoisotopic (exact) mass is 266 g/mol. The highest BCUT2D eigenvalue weighted by Crippen LogP contribution is 2.30. The summed E-state index contributed by atoms with van der Waals surface area (Å²) in [6.45, 7) is 8.73. The summed E-state index contributed by atoms with van der Waals surface area (Å²) in [6.07, 6.45) is 7.36. The summed E-state index contributed by atoms with van der Waals surface area (Å²) in [5.41, 5.74) is 0. The van der Waals surface area contributed by atoms with Crippen molar-refractivity contribution in [2.45, 2.75) is 65.3 Å². The first-order valence-electron chi connectivity index (χ1n) is 8.13. The molecule has 2 aliphatic rings. The lowest BCUT2D eigenvalue weighted by molar-refractivity contribution is 0.152. The van der Waals surface area contributed by atoms with E-state index in [1.807, 2.05) is 4.90 Å². The molecule has 1 aliphatic carbocycles. The second kappa shape index (κ2) is 6.62. The molecule has 1 saturated heterocycles. The third-order valence-corrected chi connectivity index (χ3v) is 5.06. The highest BCUT2D eigenvalue weighted by molar-refractivity contribution is 5.74. The fraction of sp³-hybridized carbons (Fsp3) is 0.938. The van der Waals surface area contributed by atoms with Crippen LogP contribution in [-0.4, -0.2) is 30.1 Å². The largest absolute Gasteiger partial charge is 0.335 e. The number of amides is 2. The lowest BCUT2D eigenvalue weighted by Crippen LogP contribution is -2.51. The number of likely N-dealkylation sites (tertiary alicyclic amines) is 1. The van der Waals surface area contributed by atoms with E-state index in [1.165, 1.54) is 25.7 Å². The molecule has 0 radical (unpaired) electrons. The Bertz CT molecular complexity index is 295. The van der Waals surface area contributed by atoms with E-state index >= 15 is 0 Å². The van der Waals surface area contributed by atoms with Crippen LogP contribution >= 0.6 is 0 Å². The third-order valence-electron chi connectivity index (χ3n) is 5.06. The Hall–Kier alpha value is -0.730. The van der Waals surface area contributed by atoms with Crippen molar-refractivity contribution >= 4 is 6.03 Å². The van der Waals surface area contributed by atoms with E-state index in [2.05, 4.69) is 26.1 Å². The highest BCUT2D eigenvalue weighted by Gasteiger charge is 2.30. The van der Waals surface area contributed by atoms with E-state index in [-0.39, 0.29) is 6.03 Å². The van der Waals surface area contributed by atoms with Gasteiger partial charge in [0, 0.05) is 19.1 Å². The van der Waals surface area contributed by atoms with E-state index in [1.54, 1.807) is 0 Å². The quantitative estimate of drug-likeness (QED) is 0.813. The van der Waals surface area contributed by atoms with Gasteiger partial charge in [0.1, 0.15) is 0 Å². The molecule has 3 nitrogen and oxygen atoms in total. The second-order valence-corrected chi connectivity index (χ2v) is 6.92. The molecular weight excluding hydrogens is 236 g/mol. The maximum absolute atomic E-state index is 12.4. The summed E-state index contributed by atoms with van der Waals surface area (Å²) in [5.74, 6) is 2.12. The topological polar surface area (TPSA) is 32.3 Å². The summed E-state index contributed by atoms with van der Waals surface area (Å²) in [4.78, 5) is 14.4. The minimum Gasteiger partial charge on any atom is -0.335 e. The van der Waals surface area contributed by atoms with E-state index < -0.39 is 0 Å². The molecule has 0 bridgehead atoms. The number of nitrogens with one attached hydrogen (secondary N) is 1. The van der Waals surface area contributed by atoms with Crippen LogP contribution in [0.3, 0.4) is 0 Å². The van der Waals surface area contributed by atoms with Gasteiger partial charge in [-0.3, -0.25) is 0 Å². The summed E-state index contributed by atoms with van der Waals surface area (Å²) in [7, 11) is 0. The summed E-state index contributed by atoms with van der Waals surface area (Å²) >= 11 is 0. The van der Waals surface area contributed by atoms with Crippen LogP contribution in [0.1, 0.15) is 59.3 Å². The number of piperidine rings is 1. The molecule has 1 aliphatic heterocycles. The molecule has 2 fully saturated rings. The molecule has 19 heavy (non-hydrogen) atoms. The molecule has 0 spiro atoms. The van der Waals surface area contributed by atoms with Crippen LogP contribution in [0.4, 0.5) is 4.79 Å². The molecule has 1 saturated carbocycles. The predicted molar refractivity (Wildman–Crippen MR) is 79.1 cm³/mol. The van der Waals surface area contributed by atoms with Crippen molar-refractivity contribution in [2.24, 2.45) is 17.8 Å². The van der Waals surface area contributed by atoms with Gasteiger partial charge in [0.15, 0.2) is 0 Å². The Morgan fingerprint density at radius 2 is 1.74 bits per heavy atom. The number of rotatable bonds is 2. The number of hydrogen-bond acceptors (Lipinski definition) is 1. The molecule has 0 aromatic carbocycles. The number of nitrogens with zero attached hydrogens (tertiary/aromatic N) is 1. The van der Waals surface area contributed by atoms with Crippen molar-refractivity contribution < 1.29 is 4.79 Å². The Kier molecular flexibility index (Phi) is 5.12. The van der Waals surface area contributed by atoms with Crippen molar-refractivity contribution in [1.82, 2.24) is 10.2 Å². The Morgan fingerprint density at radius 3 is 2.37 bits per heavy atom. The molecule has 0 aromatic rings. The first-order valence-corrected chi connectivity index (χ1v) is 8.13. The standard InChI is InChI=1S/C16H30N2O/c1-12(2)14-6-4-5-7-15(14)17-16(19)18-10-8-13(3)9-11-18/h12-15H,4-11H2,1-3H3,(H,17,19). The van der Waals surface area contributed by atoms with Crippen molar-refractivity contribution in [3.05, 3.63) is 0 Å². The molecule has 2 rings (SSSR count). The van der Waals surface area contributed by atoms with E-state index in [9.17, 15) is 4.79 Å². The highest BCUT2D eigenvalue weighted by atomic mass is 16.2. The van der Waals surface area contributed by atoms with Gasteiger partial charge in [-0.05, 0) is 43.4 Å². The van der Waals surface area contributed by atoms with Crippen molar-refractivity contribution in [3.63, 3.8) is 0 Å². The van der Waals surface area contributed by atoms with Crippen molar-refractivity contribution in [2.75, 3.05) is 13.1 Å². The van der Waals surface area contributed by atoms with Gasteiger partial charge < -0.3 is 10.2 Å². The molecule has 110 valence electrons. The molecule has 2 atom stereocenters. The number of hydrogen-bond donors (Lipinski definition) is 1. The normalized spacial score (nSPS) is 29.6. The first kappa shape index (κ1) is 14.7. The predicted octanol–water partition coefficient (Wildman–Crippen LogP) is 3.64. The van der Waals surface area contributed by atoms with Crippen LogP contribution in [-0.2, 0) is 0 Å². The maximum Gasteiger partial charge on any atom is 0.317 e. The third kappa shape index (κ3) is 3.87. The van der Waals surface area contributed by atoms with Crippen LogP contribution in [0, 0.1) is 17.8 Å². The van der Waals surface area contributed by atoms with Crippen LogP contribution in [0.25, 0.3) is 0 Å². The smallest absolute Gasteiger partial charge is 0.317 e. The molecule has 2 unspecified atom stereocenters. The number of carbonyl (C=O) groups is 1. The summed E-state index contributed by atoms with van der Waals surface area (Å²) < 4.78 is 0. The summed E-state index contributed by atoms with van der Waals surface area (Å²) in [5, 5.41) is 3.32. The van der Waals surface area contributed by atoms with Gasteiger partial charge in [-0.15, -0.1) is 0 Å². The van der Waals surface area contributed by atoms with Gasteiger partial charge in [-0.2, -0.15) is 0 Å². The molecule has 0 aromatic heterocycles. The Morgan fingerprint density at radius 1 is 1.11 bits per heavy atom. The van der Waals surface area contributed by atoms with Gasteiger partial charge in [-0.25, -0.2) is 4.79 Å². The maximum atomic E-state index is 12.4. The first-order chi connectivity index (χ1) is 9.08. The van der Waals surface area contributed by atoms with E-state index in [4.69, 9.17) is 0 Å². The molecule has 3 heteroatoms.